The highest BCUT2D eigenvalue weighted by molar-refractivity contribution is 7.90. The molecule has 0 aliphatic rings. The summed E-state index contributed by atoms with van der Waals surface area (Å²) in [7, 11) is -1.84. The van der Waals surface area contributed by atoms with Crippen LogP contribution in [0.1, 0.15) is 10.4 Å². The molecule has 118 valence electrons. The maximum Gasteiger partial charge on any atom is 0.251 e. The second kappa shape index (κ2) is 7.96. The van der Waals surface area contributed by atoms with Crippen LogP contribution in [0.5, 0.6) is 0 Å². The van der Waals surface area contributed by atoms with Crippen molar-refractivity contribution in [3.05, 3.63) is 23.8 Å². The summed E-state index contributed by atoms with van der Waals surface area (Å²) in [5, 5.41) is 2.63. The van der Waals surface area contributed by atoms with Gasteiger partial charge < -0.3 is 20.5 Å². The van der Waals surface area contributed by atoms with Crippen LogP contribution in [0.4, 0.5) is 5.69 Å². The number of nitrogens with two attached hydrogens (primary N) is 1. The number of ether oxygens (including phenoxy) is 2. The summed E-state index contributed by atoms with van der Waals surface area (Å²) in [4.78, 5) is 11.9. The molecule has 1 amide bonds. The van der Waals surface area contributed by atoms with Crippen molar-refractivity contribution in [2.24, 2.45) is 0 Å². The van der Waals surface area contributed by atoms with E-state index in [1.165, 1.54) is 18.2 Å². The van der Waals surface area contributed by atoms with Crippen molar-refractivity contribution in [1.82, 2.24) is 5.32 Å². The number of nitrogens with one attached hydrogen (secondary N) is 1. The summed E-state index contributed by atoms with van der Waals surface area (Å²) in [5.74, 6) is -0.400. The Kier molecular flexibility index (Phi) is 6.60. The van der Waals surface area contributed by atoms with Crippen molar-refractivity contribution < 1.29 is 22.7 Å². The molecule has 0 aliphatic carbocycles. The van der Waals surface area contributed by atoms with Crippen LogP contribution in [0.25, 0.3) is 0 Å². The molecule has 0 saturated carbocycles. The minimum Gasteiger partial charge on any atom is -0.399 e. The number of anilines is 1. The number of rotatable bonds is 8. The van der Waals surface area contributed by atoms with E-state index in [4.69, 9.17) is 15.2 Å². The molecular weight excluding hydrogens is 296 g/mol. The molecule has 1 rings (SSSR count). The Balaban J connectivity index is 2.60. The first kappa shape index (κ1) is 17.4. The van der Waals surface area contributed by atoms with Crippen molar-refractivity contribution in [3.8, 4) is 0 Å². The van der Waals surface area contributed by atoms with Gasteiger partial charge in [-0.1, -0.05) is 0 Å². The highest BCUT2D eigenvalue weighted by Crippen LogP contribution is 2.16. The molecule has 0 aliphatic heterocycles. The molecule has 0 heterocycles. The molecule has 1 aromatic rings. The van der Waals surface area contributed by atoms with Crippen LogP contribution < -0.4 is 11.1 Å². The van der Waals surface area contributed by atoms with Crippen LogP contribution in [0, 0.1) is 0 Å². The Bertz CT molecular complexity index is 586. The number of carbonyl (C=O) groups is 1. The molecule has 0 bridgehead atoms. The summed E-state index contributed by atoms with van der Waals surface area (Å²) in [6.45, 7) is 1.59. The average Bonchev–Trinajstić information content (AvgIpc) is 2.40. The van der Waals surface area contributed by atoms with Crippen molar-refractivity contribution in [1.29, 1.82) is 0 Å². The number of carbonyl (C=O) groups excluding carboxylic acids is 1. The average molecular weight is 316 g/mol. The summed E-state index contributed by atoms with van der Waals surface area (Å²) in [6.07, 6.45) is 1.06. The first-order valence-electron chi connectivity index (χ1n) is 6.30. The van der Waals surface area contributed by atoms with Gasteiger partial charge >= 0.3 is 0 Å². The minimum atomic E-state index is -3.42. The Morgan fingerprint density at radius 3 is 2.57 bits per heavy atom. The summed E-state index contributed by atoms with van der Waals surface area (Å²) >= 11 is 0. The quantitative estimate of drug-likeness (QED) is 0.519. The third-order valence-electron chi connectivity index (χ3n) is 2.58. The maximum absolute atomic E-state index is 11.9. The molecule has 7 nitrogen and oxygen atoms in total. The third-order valence-corrected chi connectivity index (χ3v) is 3.67. The largest absolute Gasteiger partial charge is 0.399 e. The second-order valence-corrected chi connectivity index (χ2v) is 6.44. The molecule has 0 fully saturated rings. The molecule has 8 heteroatoms. The SMILES string of the molecule is COCCOCCNC(=O)c1cc(N)cc(S(C)(=O)=O)c1. The molecule has 3 N–H and O–H groups in total. The summed E-state index contributed by atoms with van der Waals surface area (Å²) in [5.41, 5.74) is 6.04. The van der Waals surface area contributed by atoms with Crippen LogP contribution in [0.2, 0.25) is 0 Å². The van der Waals surface area contributed by atoms with Crippen molar-refractivity contribution >= 4 is 21.4 Å². The Morgan fingerprint density at radius 1 is 1.24 bits per heavy atom. The highest BCUT2D eigenvalue weighted by Gasteiger charge is 2.13. The van der Waals surface area contributed by atoms with Crippen LogP contribution in [-0.2, 0) is 19.3 Å². The first-order chi connectivity index (χ1) is 9.84. The van der Waals surface area contributed by atoms with Gasteiger partial charge in [0, 0.05) is 31.2 Å². The molecule has 0 atom stereocenters. The fourth-order valence-corrected chi connectivity index (χ4v) is 2.24. The zero-order valence-corrected chi connectivity index (χ0v) is 12.9. The lowest BCUT2D eigenvalue weighted by Crippen LogP contribution is -2.27. The van der Waals surface area contributed by atoms with E-state index in [0.717, 1.165) is 6.26 Å². The van der Waals surface area contributed by atoms with Crippen molar-refractivity contribution in [2.45, 2.75) is 4.90 Å². The van der Waals surface area contributed by atoms with Crippen molar-refractivity contribution in [3.63, 3.8) is 0 Å². The van der Waals surface area contributed by atoms with Crippen LogP contribution in [-0.4, -0.2) is 54.1 Å². The Hall–Kier alpha value is -1.64. The molecule has 1 aromatic carbocycles. The molecule has 0 unspecified atom stereocenters. The zero-order valence-electron chi connectivity index (χ0n) is 12.1. The number of amides is 1. The van der Waals surface area contributed by atoms with Gasteiger partial charge in [0.15, 0.2) is 9.84 Å². The van der Waals surface area contributed by atoms with E-state index >= 15 is 0 Å². The number of benzene rings is 1. The van der Waals surface area contributed by atoms with Gasteiger partial charge in [0.2, 0.25) is 0 Å². The fourth-order valence-electron chi connectivity index (χ4n) is 1.55. The van der Waals surface area contributed by atoms with Crippen LogP contribution in [0.3, 0.4) is 0 Å². The standard InChI is InChI=1S/C13H20N2O5S/c1-19-5-6-20-4-3-15-13(16)10-7-11(14)9-12(8-10)21(2,17)18/h7-9H,3-6,14H2,1-2H3,(H,15,16). The second-order valence-electron chi connectivity index (χ2n) is 4.42. The van der Waals surface area contributed by atoms with E-state index in [2.05, 4.69) is 5.32 Å². The number of hydrogen-bond acceptors (Lipinski definition) is 6. The Labute approximate surface area is 124 Å². The van der Waals surface area contributed by atoms with Crippen molar-refractivity contribution in [2.75, 3.05) is 45.5 Å². The smallest absolute Gasteiger partial charge is 0.251 e. The number of nitrogen functional groups attached to an aromatic ring is 1. The van der Waals surface area contributed by atoms with Gasteiger partial charge in [0.25, 0.3) is 5.91 Å². The summed E-state index contributed by atoms with van der Waals surface area (Å²) in [6, 6.07) is 4.04. The maximum atomic E-state index is 11.9. The van der Waals surface area contributed by atoms with Gasteiger partial charge in [-0.3, -0.25) is 4.79 Å². The van der Waals surface area contributed by atoms with E-state index in [0.29, 0.717) is 26.4 Å². The molecule has 21 heavy (non-hydrogen) atoms. The number of methoxy groups -OCH3 is 1. The molecular formula is C13H20N2O5S. The van der Waals surface area contributed by atoms with E-state index in [1.807, 2.05) is 0 Å². The monoisotopic (exact) mass is 316 g/mol. The summed E-state index contributed by atoms with van der Waals surface area (Å²) < 4.78 is 33.0. The van der Waals surface area contributed by atoms with Gasteiger partial charge in [-0.05, 0) is 18.2 Å². The number of sulfone groups is 1. The van der Waals surface area contributed by atoms with E-state index in [-0.39, 0.29) is 16.1 Å². The third kappa shape index (κ3) is 6.11. The lowest BCUT2D eigenvalue weighted by Gasteiger charge is -2.08. The van der Waals surface area contributed by atoms with E-state index < -0.39 is 15.7 Å². The van der Waals surface area contributed by atoms with Gasteiger partial charge in [-0.15, -0.1) is 0 Å². The molecule has 0 spiro atoms. The lowest BCUT2D eigenvalue weighted by molar-refractivity contribution is 0.0692. The first-order valence-corrected chi connectivity index (χ1v) is 8.19. The molecule has 0 saturated heterocycles. The van der Waals surface area contributed by atoms with Gasteiger partial charge in [0.1, 0.15) is 0 Å². The van der Waals surface area contributed by atoms with Gasteiger partial charge in [-0.2, -0.15) is 0 Å². The Morgan fingerprint density at radius 2 is 1.95 bits per heavy atom. The molecule has 0 radical (unpaired) electrons. The topological polar surface area (TPSA) is 108 Å². The lowest BCUT2D eigenvalue weighted by atomic mass is 10.2. The van der Waals surface area contributed by atoms with Gasteiger partial charge in [-0.25, -0.2) is 8.42 Å². The predicted octanol–water partition coefficient (Wildman–Crippen LogP) is 0.0651. The zero-order chi connectivity index (χ0) is 15.9. The fraction of sp³-hybridized carbons (Fsp3) is 0.462. The van der Waals surface area contributed by atoms with E-state index in [1.54, 1.807) is 7.11 Å². The van der Waals surface area contributed by atoms with E-state index in [9.17, 15) is 13.2 Å². The minimum absolute atomic E-state index is 0.0176. The highest BCUT2D eigenvalue weighted by atomic mass is 32.2. The number of hydrogen-bond donors (Lipinski definition) is 2. The van der Waals surface area contributed by atoms with Crippen LogP contribution >= 0.6 is 0 Å². The molecule has 0 aromatic heterocycles. The predicted molar refractivity (Wildman–Crippen MR) is 79.0 cm³/mol. The van der Waals surface area contributed by atoms with Crippen LogP contribution in [0.15, 0.2) is 23.1 Å². The van der Waals surface area contributed by atoms with Gasteiger partial charge in [0.05, 0.1) is 24.7 Å². The normalized spacial score (nSPS) is 11.3.